The molecule has 6 heteroatoms. The van der Waals surface area contributed by atoms with E-state index in [-0.39, 0.29) is 5.91 Å². The van der Waals surface area contributed by atoms with E-state index in [0.717, 1.165) is 39.3 Å². The zero-order valence-electron chi connectivity index (χ0n) is 15.5. The number of amides is 1. The first-order valence-corrected chi connectivity index (χ1v) is 10.0. The lowest BCUT2D eigenvalue weighted by Gasteiger charge is -2.34. The highest BCUT2D eigenvalue weighted by molar-refractivity contribution is 6.39. The molecule has 0 unspecified atom stereocenters. The Labute approximate surface area is 171 Å². The summed E-state index contributed by atoms with van der Waals surface area (Å²) >= 11 is 12.2. The molecule has 1 amide bonds. The zero-order valence-corrected chi connectivity index (χ0v) is 17.1. The van der Waals surface area contributed by atoms with Gasteiger partial charge < -0.3 is 10.2 Å². The maximum Gasteiger partial charge on any atom is 0.225 e. The van der Waals surface area contributed by atoms with Gasteiger partial charge in [-0.1, -0.05) is 59.1 Å². The van der Waals surface area contributed by atoms with Crippen molar-refractivity contribution in [2.24, 2.45) is 0 Å². The number of anilines is 1. The molecule has 1 saturated heterocycles. The number of benzene rings is 2. The van der Waals surface area contributed by atoms with E-state index in [2.05, 4.69) is 46.3 Å². The summed E-state index contributed by atoms with van der Waals surface area (Å²) in [6.45, 7) is 7.85. The molecule has 0 saturated carbocycles. The highest BCUT2D eigenvalue weighted by Gasteiger charge is 2.18. The molecule has 0 bridgehead atoms. The van der Waals surface area contributed by atoms with Crippen LogP contribution in [0.15, 0.2) is 42.5 Å². The summed E-state index contributed by atoms with van der Waals surface area (Å²) in [5, 5.41) is 3.74. The summed E-state index contributed by atoms with van der Waals surface area (Å²) in [4.78, 5) is 17.0. The average Bonchev–Trinajstić information content (AvgIpc) is 2.64. The Morgan fingerprint density at radius 2 is 1.63 bits per heavy atom. The molecule has 0 aliphatic carbocycles. The number of para-hydroxylation sites is 1. The molecule has 1 aliphatic rings. The fourth-order valence-electron chi connectivity index (χ4n) is 3.32. The Kier molecular flexibility index (Phi) is 7.13. The smallest absolute Gasteiger partial charge is 0.225 e. The van der Waals surface area contributed by atoms with Crippen LogP contribution in [-0.2, 0) is 11.3 Å². The van der Waals surface area contributed by atoms with Crippen molar-refractivity contribution in [3.8, 4) is 0 Å². The van der Waals surface area contributed by atoms with Gasteiger partial charge in [0.25, 0.3) is 0 Å². The minimum Gasteiger partial charge on any atom is -0.324 e. The minimum atomic E-state index is -0.0628. The van der Waals surface area contributed by atoms with E-state index in [9.17, 15) is 4.79 Å². The number of rotatable bonds is 6. The first kappa shape index (κ1) is 20.2. The second-order valence-corrected chi connectivity index (χ2v) is 7.82. The molecule has 1 heterocycles. The van der Waals surface area contributed by atoms with Crippen molar-refractivity contribution in [1.29, 1.82) is 0 Å². The fraction of sp³-hybridized carbons (Fsp3) is 0.381. The molecule has 1 N–H and O–H groups in total. The SMILES string of the molecule is Cc1cccc(CN2CCN(CCC(=O)Nc3c(Cl)cccc3Cl)CC2)c1. The van der Waals surface area contributed by atoms with E-state index >= 15 is 0 Å². The molecule has 0 spiro atoms. The predicted molar refractivity (Wildman–Crippen MR) is 113 cm³/mol. The molecule has 2 aromatic rings. The summed E-state index contributed by atoms with van der Waals surface area (Å²) in [7, 11) is 0. The molecule has 0 aromatic heterocycles. The van der Waals surface area contributed by atoms with Crippen LogP contribution >= 0.6 is 23.2 Å². The second-order valence-electron chi connectivity index (χ2n) is 7.00. The van der Waals surface area contributed by atoms with Gasteiger partial charge in [-0.3, -0.25) is 9.69 Å². The van der Waals surface area contributed by atoms with Crippen molar-refractivity contribution in [2.75, 3.05) is 38.0 Å². The number of nitrogens with zero attached hydrogens (tertiary/aromatic N) is 2. The molecule has 0 radical (unpaired) electrons. The first-order valence-electron chi connectivity index (χ1n) is 9.25. The fourth-order valence-corrected chi connectivity index (χ4v) is 3.81. The van der Waals surface area contributed by atoms with E-state index in [1.807, 2.05) is 0 Å². The Morgan fingerprint density at radius 1 is 1.00 bits per heavy atom. The highest BCUT2D eigenvalue weighted by atomic mass is 35.5. The van der Waals surface area contributed by atoms with Gasteiger partial charge in [0.15, 0.2) is 0 Å². The van der Waals surface area contributed by atoms with Crippen LogP contribution in [0.25, 0.3) is 0 Å². The number of nitrogens with one attached hydrogen (secondary N) is 1. The summed E-state index contributed by atoms with van der Waals surface area (Å²) in [6.07, 6.45) is 0.430. The molecule has 144 valence electrons. The molecule has 3 rings (SSSR count). The second kappa shape index (κ2) is 9.56. The summed E-state index contributed by atoms with van der Waals surface area (Å²) in [5.74, 6) is -0.0628. The molecule has 4 nitrogen and oxygen atoms in total. The number of hydrogen-bond donors (Lipinski definition) is 1. The Morgan fingerprint density at radius 3 is 2.30 bits per heavy atom. The van der Waals surface area contributed by atoms with E-state index in [1.54, 1.807) is 18.2 Å². The number of halogens is 2. The number of hydrogen-bond acceptors (Lipinski definition) is 3. The molecular weight excluding hydrogens is 381 g/mol. The van der Waals surface area contributed by atoms with Crippen LogP contribution in [0.5, 0.6) is 0 Å². The van der Waals surface area contributed by atoms with Crippen LogP contribution in [0.2, 0.25) is 10.0 Å². The van der Waals surface area contributed by atoms with Gasteiger partial charge in [-0.25, -0.2) is 0 Å². The third-order valence-electron chi connectivity index (χ3n) is 4.84. The Bertz CT molecular complexity index is 768. The molecule has 27 heavy (non-hydrogen) atoms. The van der Waals surface area contributed by atoms with E-state index in [0.29, 0.717) is 22.2 Å². The van der Waals surface area contributed by atoms with Gasteiger partial charge in [0, 0.05) is 45.7 Å². The van der Waals surface area contributed by atoms with E-state index in [4.69, 9.17) is 23.2 Å². The van der Waals surface area contributed by atoms with Gasteiger partial charge in [-0.2, -0.15) is 0 Å². The molecule has 1 aliphatic heterocycles. The van der Waals surface area contributed by atoms with Gasteiger partial charge in [0.2, 0.25) is 5.91 Å². The van der Waals surface area contributed by atoms with Gasteiger partial charge >= 0.3 is 0 Å². The van der Waals surface area contributed by atoms with Gasteiger partial charge in [-0.15, -0.1) is 0 Å². The van der Waals surface area contributed by atoms with Crippen molar-refractivity contribution < 1.29 is 4.79 Å². The van der Waals surface area contributed by atoms with E-state index < -0.39 is 0 Å². The summed E-state index contributed by atoms with van der Waals surface area (Å²) in [5.41, 5.74) is 3.16. The van der Waals surface area contributed by atoms with Crippen molar-refractivity contribution in [2.45, 2.75) is 19.9 Å². The monoisotopic (exact) mass is 405 g/mol. The average molecular weight is 406 g/mol. The Hall–Kier alpha value is -1.59. The van der Waals surface area contributed by atoms with Crippen LogP contribution in [0.3, 0.4) is 0 Å². The van der Waals surface area contributed by atoms with Crippen LogP contribution in [0, 0.1) is 6.92 Å². The standard InChI is InChI=1S/C21H25Cl2N3O/c1-16-4-2-5-17(14-16)15-26-12-10-25(11-13-26)9-8-20(27)24-21-18(22)6-3-7-19(21)23/h2-7,14H,8-13,15H2,1H3,(H,24,27). The lowest BCUT2D eigenvalue weighted by atomic mass is 10.1. The van der Waals surface area contributed by atoms with E-state index in [1.165, 1.54) is 11.1 Å². The number of piperazine rings is 1. The van der Waals surface area contributed by atoms with Crippen molar-refractivity contribution in [3.63, 3.8) is 0 Å². The predicted octanol–water partition coefficient (Wildman–Crippen LogP) is 4.45. The maximum atomic E-state index is 12.2. The van der Waals surface area contributed by atoms with Crippen LogP contribution < -0.4 is 5.32 Å². The quantitative estimate of drug-likeness (QED) is 0.770. The maximum absolute atomic E-state index is 12.2. The Balaban J connectivity index is 1.41. The molecule has 2 aromatic carbocycles. The number of aryl methyl sites for hydroxylation is 1. The molecule has 1 fully saturated rings. The van der Waals surface area contributed by atoms with Crippen LogP contribution in [0.1, 0.15) is 17.5 Å². The van der Waals surface area contributed by atoms with Crippen LogP contribution in [-0.4, -0.2) is 48.4 Å². The normalized spacial score (nSPS) is 15.7. The van der Waals surface area contributed by atoms with Crippen molar-refractivity contribution in [3.05, 3.63) is 63.6 Å². The van der Waals surface area contributed by atoms with Gasteiger partial charge in [0.05, 0.1) is 15.7 Å². The summed E-state index contributed by atoms with van der Waals surface area (Å²) < 4.78 is 0. The third kappa shape index (κ3) is 5.94. The van der Waals surface area contributed by atoms with Crippen LogP contribution in [0.4, 0.5) is 5.69 Å². The lowest BCUT2D eigenvalue weighted by molar-refractivity contribution is -0.116. The zero-order chi connectivity index (χ0) is 19.2. The van der Waals surface area contributed by atoms with Gasteiger partial charge in [-0.05, 0) is 24.6 Å². The van der Waals surface area contributed by atoms with Gasteiger partial charge in [0.1, 0.15) is 0 Å². The first-order chi connectivity index (χ1) is 13.0. The molecular formula is C21H25Cl2N3O. The summed E-state index contributed by atoms with van der Waals surface area (Å²) in [6, 6.07) is 13.9. The van der Waals surface area contributed by atoms with Crippen molar-refractivity contribution >= 4 is 34.8 Å². The largest absolute Gasteiger partial charge is 0.324 e. The number of carbonyl (C=O) groups is 1. The molecule has 0 atom stereocenters. The lowest BCUT2D eigenvalue weighted by Crippen LogP contribution is -2.46. The third-order valence-corrected chi connectivity index (χ3v) is 5.47. The topological polar surface area (TPSA) is 35.6 Å². The highest BCUT2D eigenvalue weighted by Crippen LogP contribution is 2.29. The minimum absolute atomic E-state index is 0.0628. The number of carbonyl (C=O) groups excluding carboxylic acids is 1. The van der Waals surface area contributed by atoms with Crippen molar-refractivity contribution in [1.82, 2.24) is 9.80 Å².